The summed E-state index contributed by atoms with van der Waals surface area (Å²) in [6.45, 7) is 7.75. The fraction of sp³-hybridized carbons (Fsp3) is 0.611. The molecule has 0 saturated carbocycles. The quantitative estimate of drug-likeness (QED) is 0.789. The van der Waals surface area contributed by atoms with Crippen molar-refractivity contribution in [3.05, 3.63) is 35.6 Å². The summed E-state index contributed by atoms with van der Waals surface area (Å²) in [7, 11) is 0. The minimum atomic E-state index is -0.255. The SMILES string of the molecule is CC(C)OCCC(=O)NCC(c1ccc(F)cc1)N1CCOCC1. The molecule has 0 aromatic heterocycles. The van der Waals surface area contributed by atoms with Crippen LogP contribution in [0.3, 0.4) is 0 Å². The van der Waals surface area contributed by atoms with E-state index in [0.29, 0.717) is 32.8 Å². The average molecular weight is 338 g/mol. The normalized spacial score (nSPS) is 17.0. The molecule has 1 aliphatic rings. The summed E-state index contributed by atoms with van der Waals surface area (Å²) < 4.78 is 24.0. The molecule has 0 spiro atoms. The van der Waals surface area contributed by atoms with Crippen LogP contribution in [0.5, 0.6) is 0 Å². The first kappa shape index (κ1) is 18.8. The number of benzene rings is 1. The van der Waals surface area contributed by atoms with E-state index in [4.69, 9.17) is 9.47 Å². The number of rotatable bonds is 8. The predicted octanol–water partition coefficient (Wildman–Crippen LogP) is 2.13. The Morgan fingerprint density at radius 3 is 2.58 bits per heavy atom. The lowest BCUT2D eigenvalue weighted by atomic mass is 10.0. The van der Waals surface area contributed by atoms with Gasteiger partial charge >= 0.3 is 0 Å². The lowest BCUT2D eigenvalue weighted by Gasteiger charge is -2.35. The predicted molar refractivity (Wildman–Crippen MR) is 90.2 cm³/mol. The minimum absolute atomic E-state index is 0.0180. The first-order valence-electron chi connectivity index (χ1n) is 8.52. The zero-order valence-electron chi connectivity index (χ0n) is 14.5. The molecule has 24 heavy (non-hydrogen) atoms. The third kappa shape index (κ3) is 6.19. The van der Waals surface area contributed by atoms with Crippen LogP contribution in [0, 0.1) is 5.82 Å². The Hall–Kier alpha value is -1.50. The van der Waals surface area contributed by atoms with Crippen molar-refractivity contribution in [1.29, 1.82) is 0 Å². The smallest absolute Gasteiger partial charge is 0.222 e. The summed E-state index contributed by atoms with van der Waals surface area (Å²) in [4.78, 5) is 14.3. The van der Waals surface area contributed by atoms with Crippen LogP contribution in [0.15, 0.2) is 24.3 Å². The van der Waals surface area contributed by atoms with E-state index in [2.05, 4.69) is 10.2 Å². The van der Waals surface area contributed by atoms with Crippen LogP contribution in [-0.2, 0) is 14.3 Å². The minimum Gasteiger partial charge on any atom is -0.379 e. The number of halogens is 1. The fourth-order valence-electron chi connectivity index (χ4n) is 2.72. The third-order valence-corrected chi connectivity index (χ3v) is 4.01. The lowest BCUT2D eigenvalue weighted by Crippen LogP contribution is -2.44. The highest BCUT2D eigenvalue weighted by Crippen LogP contribution is 2.21. The van der Waals surface area contributed by atoms with Crippen molar-refractivity contribution in [3.8, 4) is 0 Å². The van der Waals surface area contributed by atoms with E-state index in [1.165, 1.54) is 12.1 Å². The molecule has 2 rings (SSSR count). The molecule has 5 nitrogen and oxygen atoms in total. The molecule has 1 aliphatic heterocycles. The van der Waals surface area contributed by atoms with Crippen molar-refractivity contribution < 1.29 is 18.7 Å². The molecule has 0 aliphatic carbocycles. The fourth-order valence-corrected chi connectivity index (χ4v) is 2.72. The summed E-state index contributed by atoms with van der Waals surface area (Å²) in [6.07, 6.45) is 0.468. The number of hydrogen-bond donors (Lipinski definition) is 1. The van der Waals surface area contributed by atoms with Crippen molar-refractivity contribution >= 4 is 5.91 Å². The zero-order valence-corrected chi connectivity index (χ0v) is 14.5. The zero-order chi connectivity index (χ0) is 17.4. The van der Waals surface area contributed by atoms with Crippen LogP contribution in [0.4, 0.5) is 4.39 Å². The second kappa shape index (κ2) is 9.71. The lowest BCUT2D eigenvalue weighted by molar-refractivity contribution is -0.122. The van der Waals surface area contributed by atoms with Gasteiger partial charge in [0.1, 0.15) is 5.82 Å². The van der Waals surface area contributed by atoms with Gasteiger partial charge in [-0.25, -0.2) is 4.39 Å². The van der Waals surface area contributed by atoms with E-state index in [1.807, 2.05) is 13.8 Å². The van der Waals surface area contributed by atoms with Crippen molar-refractivity contribution in [2.75, 3.05) is 39.5 Å². The Bertz CT molecular complexity index is 501. The first-order chi connectivity index (χ1) is 11.6. The number of ether oxygens (including phenoxy) is 2. The molecular formula is C18H27FN2O3. The molecule has 1 aromatic rings. The topological polar surface area (TPSA) is 50.8 Å². The van der Waals surface area contributed by atoms with Crippen LogP contribution in [0.25, 0.3) is 0 Å². The highest BCUT2D eigenvalue weighted by molar-refractivity contribution is 5.76. The summed E-state index contributed by atoms with van der Waals surface area (Å²) in [5.41, 5.74) is 0.997. The van der Waals surface area contributed by atoms with Crippen LogP contribution in [0.1, 0.15) is 31.9 Å². The molecule has 1 N–H and O–H groups in total. The maximum atomic E-state index is 13.2. The highest BCUT2D eigenvalue weighted by Gasteiger charge is 2.23. The molecule has 1 aromatic carbocycles. The molecule has 0 radical (unpaired) electrons. The van der Waals surface area contributed by atoms with E-state index in [1.54, 1.807) is 12.1 Å². The van der Waals surface area contributed by atoms with Crippen molar-refractivity contribution in [3.63, 3.8) is 0 Å². The average Bonchev–Trinajstić information content (AvgIpc) is 2.57. The Kier molecular flexibility index (Phi) is 7.62. The molecule has 1 fully saturated rings. The van der Waals surface area contributed by atoms with Gasteiger partial charge in [0.2, 0.25) is 5.91 Å². The molecule has 1 amide bonds. The number of amides is 1. The highest BCUT2D eigenvalue weighted by atomic mass is 19.1. The standard InChI is InChI=1S/C18H27FN2O3/c1-14(2)24-10-7-18(22)20-13-17(21-8-11-23-12-9-21)15-3-5-16(19)6-4-15/h3-6,14,17H,7-13H2,1-2H3,(H,20,22). The van der Waals surface area contributed by atoms with Gasteiger partial charge in [0.15, 0.2) is 0 Å². The van der Waals surface area contributed by atoms with E-state index >= 15 is 0 Å². The molecular weight excluding hydrogens is 311 g/mol. The monoisotopic (exact) mass is 338 g/mol. The number of hydrogen-bond acceptors (Lipinski definition) is 4. The molecule has 1 saturated heterocycles. The van der Waals surface area contributed by atoms with Crippen molar-refractivity contribution in [1.82, 2.24) is 10.2 Å². The van der Waals surface area contributed by atoms with Gasteiger partial charge in [-0.1, -0.05) is 12.1 Å². The van der Waals surface area contributed by atoms with Gasteiger partial charge in [0, 0.05) is 26.1 Å². The Morgan fingerprint density at radius 2 is 1.96 bits per heavy atom. The summed E-state index contributed by atoms with van der Waals surface area (Å²) >= 11 is 0. The molecule has 6 heteroatoms. The van der Waals surface area contributed by atoms with E-state index in [-0.39, 0.29) is 23.9 Å². The number of nitrogens with one attached hydrogen (secondary N) is 1. The Balaban J connectivity index is 1.93. The van der Waals surface area contributed by atoms with Gasteiger partial charge in [-0.3, -0.25) is 9.69 Å². The second-order valence-corrected chi connectivity index (χ2v) is 6.19. The van der Waals surface area contributed by atoms with Crippen LogP contribution in [0.2, 0.25) is 0 Å². The van der Waals surface area contributed by atoms with Gasteiger partial charge in [-0.05, 0) is 31.5 Å². The third-order valence-electron chi connectivity index (χ3n) is 4.01. The van der Waals surface area contributed by atoms with Gasteiger partial charge in [0.25, 0.3) is 0 Å². The van der Waals surface area contributed by atoms with Crippen molar-refractivity contribution in [2.45, 2.75) is 32.4 Å². The molecule has 1 unspecified atom stereocenters. The van der Waals surface area contributed by atoms with E-state index in [0.717, 1.165) is 18.7 Å². The summed E-state index contributed by atoms with van der Waals surface area (Å²) in [6, 6.07) is 6.50. The molecule has 134 valence electrons. The first-order valence-corrected chi connectivity index (χ1v) is 8.52. The maximum absolute atomic E-state index is 13.2. The van der Waals surface area contributed by atoms with Gasteiger partial charge in [0.05, 0.1) is 32.0 Å². The van der Waals surface area contributed by atoms with Crippen LogP contribution >= 0.6 is 0 Å². The Morgan fingerprint density at radius 1 is 1.29 bits per heavy atom. The van der Waals surface area contributed by atoms with E-state index < -0.39 is 0 Å². The number of nitrogens with zero attached hydrogens (tertiary/aromatic N) is 1. The molecule has 1 heterocycles. The van der Waals surface area contributed by atoms with Crippen molar-refractivity contribution in [2.24, 2.45) is 0 Å². The maximum Gasteiger partial charge on any atom is 0.222 e. The summed E-state index contributed by atoms with van der Waals surface area (Å²) in [5.74, 6) is -0.287. The van der Waals surface area contributed by atoms with Crippen LogP contribution < -0.4 is 5.32 Å². The Labute approximate surface area is 143 Å². The number of carbonyl (C=O) groups is 1. The van der Waals surface area contributed by atoms with Gasteiger partial charge in [-0.15, -0.1) is 0 Å². The molecule has 0 bridgehead atoms. The molecule has 1 atom stereocenters. The largest absolute Gasteiger partial charge is 0.379 e. The summed E-state index contributed by atoms with van der Waals surface area (Å²) in [5, 5.41) is 2.97. The van der Waals surface area contributed by atoms with E-state index in [9.17, 15) is 9.18 Å². The number of morpholine rings is 1. The second-order valence-electron chi connectivity index (χ2n) is 6.19. The number of carbonyl (C=O) groups excluding carboxylic acids is 1. The van der Waals surface area contributed by atoms with Crippen LogP contribution in [-0.4, -0.2) is 56.4 Å². The van der Waals surface area contributed by atoms with Gasteiger partial charge in [-0.2, -0.15) is 0 Å². The van der Waals surface area contributed by atoms with Gasteiger partial charge < -0.3 is 14.8 Å².